The predicted octanol–water partition coefficient (Wildman–Crippen LogP) is 5.14. The van der Waals surface area contributed by atoms with Gasteiger partial charge in [0, 0.05) is 23.3 Å². The molecule has 6 nitrogen and oxygen atoms in total. The number of methoxy groups -OCH3 is 1. The zero-order valence-electron chi connectivity index (χ0n) is 17.5. The first-order chi connectivity index (χ1) is 13.8. The fourth-order valence-electron chi connectivity index (χ4n) is 4.03. The Balaban J connectivity index is 1.60. The zero-order chi connectivity index (χ0) is 20.6. The number of benzene rings is 1. The number of carbonyl (C=O) groups excluding carboxylic acids is 1. The Labute approximate surface area is 171 Å². The van der Waals surface area contributed by atoms with Crippen LogP contribution in [-0.2, 0) is 0 Å². The van der Waals surface area contributed by atoms with Gasteiger partial charge in [0.2, 0.25) is 0 Å². The van der Waals surface area contributed by atoms with Crippen molar-refractivity contribution >= 4 is 22.5 Å². The number of fused-ring (bicyclic) bond motifs is 1. The van der Waals surface area contributed by atoms with Gasteiger partial charge in [0.05, 0.1) is 24.4 Å². The maximum Gasteiger partial charge on any atom is 0.274 e. The lowest BCUT2D eigenvalue weighted by Crippen LogP contribution is -2.23. The zero-order valence-corrected chi connectivity index (χ0v) is 17.5. The fourth-order valence-corrected chi connectivity index (χ4v) is 4.03. The number of anilines is 1. The topological polar surface area (TPSA) is 69.0 Å². The van der Waals surface area contributed by atoms with Crippen molar-refractivity contribution in [3.63, 3.8) is 0 Å². The summed E-state index contributed by atoms with van der Waals surface area (Å²) in [7, 11) is 1.60. The first kappa shape index (κ1) is 19.4. The van der Waals surface area contributed by atoms with Crippen molar-refractivity contribution in [2.45, 2.75) is 52.5 Å². The van der Waals surface area contributed by atoms with Crippen LogP contribution in [0, 0.1) is 12.3 Å². The summed E-state index contributed by atoms with van der Waals surface area (Å²) in [5, 5.41) is 8.72. The normalized spacial score (nSPS) is 16.7. The summed E-state index contributed by atoms with van der Waals surface area (Å²) in [5.74, 6) is 0.335. The molecule has 2 heterocycles. The van der Waals surface area contributed by atoms with Crippen LogP contribution < -0.4 is 10.1 Å². The number of carbonyl (C=O) groups is 1. The third-order valence-corrected chi connectivity index (χ3v) is 5.90. The molecule has 4 rings (SSSR count). The van der Waals surface area contributed by atoms with Crippen LogP contribution in [0.3, 0.4) is 0 Å². The number of aromatic nitrogens is 3. The van der Waals surface area contributed by atoms with Crippen LogP contribution >= 0.6 is 0 Å². The van der Waals surface area contributed by atoms with E-state index < -0.39 is 0 Å². The van der Waals surface area contributed by atoms with Crippen LogP contribution in [0.25, 0.3) is 10.9 Å². The smallest absolute Gasteiger partial charge is 0.274 e. The van der Waals surface area contributed by atoms with E-state index in [9.17, 15) is 4.79 Å². The van der Waals surface area contributed by atoms with E-state index in [1.165, 1.54) is 12.8 Å². The fraction of sp³-hybridized carbons (Fsp3) is 0.435. The standard InChI is InChI=1S/C23H28N4O2/c1-15-6-5-7-18(24-15)22(28)25-20-12-16-14-27(26-19(16)13-21(20)29-4)17-8-10-23(2,3)11-9-17/h5-7,12-14,17H,8-11H2,1-4H3,(H,25,28). The molecule has 1 saturated carbocycles. The van der Waals surface area contributed by atoms with Gasteiger partial charge >= 0.3 is 0 Å². The van der Waals surface area contributed by atoms with E-state index in [0.29, 0.717) is 28.6 Å². The summed E-state index contributed by atoms with van der Waals surface area (Å²) >= 11 is 0. The molecule has 0 bridgehead atoms. The van der Waals surface area contributed by atoms with Crippen molar-refractivity contribution in [1.82, 2.24) is 14.8 Å². The SMILES string of the molecule is COc1cc2nn(C3CCC(C)(C)CC3)cc2cc1NC(=O)c1cccc(C)n1. The van der Waals surface area contributed by atoms with Crippen molar-refractivity contribution in [2.24, 2.45) is 5.41 Å². The lowest BCUT2D eigenvalue weighted by atomic mass is 9.76. The molecule has 3 aromatic rings. The number of amides is 1. The van der Waals surface area contributed by atoms with Crippen molar-refractivity contribution in [1.29, 1.82) is 0 Å². The van der Waals surface area contributed by atoms with Crippen LogP contribution in [0.2, 0.25) is 0 Å². The molecule has 29 heavy (non-hydrogen) atoms. The Kier molecular flexibility index (Phi) is 5.03. The summed E-state index contributed by atoms with van der Waals surface area (Å²) < 4.78 is 7.60. The summed E-state index contributed by atoms with van der Waals surface area (Å²) in [6, 6.07) is 9.64. The molecule has 0 atom stereocenters. The van der Waals surface area contributed by atoms with Gasteiger partial charge in [-0.05, 0) is 56.2 Å². The maximum absolute atomic E-state index is 12.6. The van der Waals surface area contributed by atoms with Crippen LogP contribution in [0.15, 0.2) is 36.5 Å². The number of ether oxygens (including phenoxy) is 1. The van der Waals surface area contributed by atoms with Crippen molar-refractivity contribution in [3.05, 3.63) is 47.9 Å². The quantitative estimate of drug-likeness (QED) is 0.667. The van der Waals surface area contributed by atoms with Crippen molar-refractivity contribution < 1.29 is 9.53 Å². The molecule has 1 aromatic carbocycles. The molecular weight excluding hydrogens is 364 g/mol. The molecule has 0 radical (unpaired) electrons. The molecule has 2 aromatic heterocycles. The summed E-state index contributed by atoms with van der Waals surface area (Å²) in [5.41, 5.74) is 3.11. The molecule has 6 heteroatoms. The van der Waals surface area contributed by atoms with Gasteiger partial charge < -0.3 is 10.1 Å². The predicted molar refractivity (Wildman–Crippen MR) is 114 cm³/mol. The number of hydrogen-bond donors (Lipinski definition) is 1. The second-order valence-electron chi connectivity index (χ2n) is 8.73. The Morgan fingerprint density at radius 1 is 1.24 bits per heavy atom. The minimum atomic E-state index is -0.256. The highest BCUT2D eigenvalue weighted by molar-refractivity contribution is 6.05. The van der Waals surface area contributed by atoms with Gasteiger partial charge in [-0.1, -0.05) is 19.9 Å². The molecule has 1 amide bonds. The van der Waals surface area contributed by atoms with Gasteiger partial charge in [-0.3, -0.25) is 9.48 Å². The lowest BCUT2D eigenvalue weighted by molar-refractivity contribution is 0.102. The number of nitrogens with zero attached hydrogens (tertiary/aromatic N) is 3. The highest BCUT2D eigenvalue weighted by atomic mass is 16.5. The molecule has 0 unspecified atom stereocenters. The van der Waals surface area contributed by atoms with E-state index >= 15 is 0 Å². The Morgan fingerprint density at radius 2 is 2.00 bits per heavy atom. The summed E-state index contributed by atoms with van der Waals surface area (Å²) in [6.07, 6.45) is 6.78. The van der Waals surface area contributed by atoms with E-state index in [1.54, 1.807) is 13.2 Å². The van der Waals surface area contributed by atoms with Gasteiger partial charge in [0.25, 0.3) is 5.91 Å². The van der Waals surface area contributed by atoms with E-state index in [1.807, 2.05) is 31.2 Å². The second-order valence-corrected chi connectivity index (χ2v) is 8.73. The van der Waals surface area contributed by atoms with Crippen molar-refractivity contribution in [3.8, 4) is 5.75 Å². The number of nitrogens with one attached hydrogen (secondary N) is 1. The number of hydrogen-bond acceptors (Lipinski definition) is 4. The van der Waals surface area contributed by atoms with Crippen LogP contribution in [-0.4, -0.2) is 27.8 Å². The third-order valence-electron chi connectivity index (χ3n) is 5.90. The lowest BCUT2D eigenvalue weighted by Gasteiger charge is -2.34. The van der Waals surface area contributed by atoms with Gasteiger partial charge in [-0.25, -0.2) is 4.98 Å². The van der Waals surface area contributed by atoms with E-state index in [4.69, 9.17) is 9.84 Å². The number of pyridine rings is 1. The van der Waals surface area contributed by atoms with E-state index in [0.717, 1.165) is 29.4 Å². The largest absolute Gasteiger partial charge is 0.494 e. The molecule has 1 N–H and O–H groups in total. The molecule has 1 fully saturated rings. The number of rotatable bonds is 4. The van der Waals surface area contributed by atoms with Crippen molar-refractivity contribution in [2.75, 3.05) is 12.4 Å². The first-order valence-electron chi connectivity index (χ1n) is 10.2. The van der Waals surface area contributed by atoms with Gasteiger partial charge in [-0.15, -0.1) is 0 Å². The van der Waals surface area contributed by atoms with Crippen LogP contribution in [0.4, 0.5) is 5.69 Å². The average Bonchev–Trinajstić information content (AvgIpc) is 3.10. The highest BCUT2D eigenvalue weighted by Gasteiger charge is 2.28. The molecule has 1 aliphatic carbocycles. The van der Waals surface area contributed by atoms with Gasteiger partial charge in [-0.2, -0.15) is 5.10 Å². The highest BCUT2D eigenvalue weighted by Crippen LogP contribution is 2.40. The summed E-state index contributed by atoms with van der Waals surface area (Å²) in [6.45, 7) is 6.54. The Hall–Kier alpha value is -2.89. The molecule has 0 spiro atoms. The van der Waals surface area contributed by atoms with E-state index in [-0.39, 0.29) is 5.91 Å². The minimum Gasteiger partial charge on any atom is -0.494 e. The van der Waals surface area contributed by atoms with Gasteiger partial charge in [0.15, 0.2) is 0 Å². The number of aryl methyl sites for hydroxylation is 1. The molecule has 0 saturated heterocycles. The molecule has 152 valence electrons. The second kappa shape index (κ2) is 7.50. The Bertz CT molecular complexity index is 1040. The summed E-state index contributed by atoms with van der Waals surface area (Å²) in [4.78, 5) is 16.9. The minimum absolute atomic E-state index is 0.256. The molecular formula is C23H28N4O2. The van der Waals surface area contributed by atoms with Gasteiger partial charge in [0.1, 0.15) is 11.4 Å². The maximum atomic E-state index is 12.6. The first-order valence-corrected chi connectivity index (χ1v) is 10.2. The third kappa shape index (κ3) is 4.11. The average molecular weight is 393 g/mol. The molecule has 1 aliphatic rings. The van der Waals surface area contributed by atoms with Crippen LogP contribution in [0.1, 0.15) is 61.8 Å². The Morgan fingerprint density at radius 3 is 2.69 bits per heavy atom. The monoisotopic (exact) mass is 392 g/mol. The van der Waals surface area contributed by atoms with Crippen LogP contribution in [0.5, 0.6) is 5.75 Å². The molecule has 0 aliphatic heterocycles. The van der Waals surface area contributed by atoms with E-state index in [2.05, 4.69) is 35.0 Å².